The molecule has 0 spiro atoms. The lowest BCUT2D eigenvalue weighted by atomic mass is 10.2. The standard InChI is InChI=1S/C23H23Cl2F3N8O3/c24-14-7-5-13(6-8-14)20-33-35(22(39)34(20)11-18(38)23(26,27)28)12-19-31-21(30-10-15(37)9-29)36(32-19)17-4-2-1-3-16(17)25/h1-8,15,18,37-38H,9-12,29H2,(H,30,31,32)/t15?,18-/m0/s1. The highest BCUT2D eigenvalue weighted by Gasteiger charge is 2.39. The van der Waals surface area contributed by atoms with Crippen molar-refractivity contribution in [2.45, 2.75) is 31.5 Å². The molecule has 4 rings (SSSR count). The minimum atomic E-state index is -4.96. The molecule has 0 fully saturated rings. The fraction of sp³-hybridized carbons (Fsp3) is 0.304. The molecule has 11 nitrogen and oxygen atoms in total. The Morgan fingerprint density at radius 2 is 1.74 bits per heavy atom. The van der Waals surface area contributed by atoms with Crippen molar-refractivity contribution in [1.82, 2.24) is 29.1 Å². The van der Waals surface area contributed by atoms with Gasteiger partial charge in [0.05, 0.1) is 23.4 Å². The van der Waals surface area contributed by atoms with Crippen molar-refractivity contribution >= 4 is 29.2 Å². The molecule has 0 saturated heterocycles. The quantitative estimate of drug-likeness (QED) is 0.221. The van der Waals surface area contributed by atoms with Crippen molar-refractivity contribution in [1.29, 1.82) is 0 Å². The molecule has 2 heterocycles. The molecule has 0 aliphatic carbocycles. The van der Waals surface area contributed by atoms with E-state index in [4.69, 9.17) is 28.9 Å². The highest BCUT2D eigenvalue weighted by molar-refractivity contribution is 6.32. The Morgan fingerprint density at radius 1 is 1.05 bits per heavy atom. The van der Waals surface area contributed by atoms with Crippen LogP contribution in [0.1, 0.15) is 5.82 Å². The van der Waals surface area contributed by atoms with Crippen LogP contribution in [-0.4, -0.2) is 70.8 Å². The van der Waals surface area contributed by atoms with Crippen molar-refractivity contribution in [2.75, 3.05) is 18.4 Å². The lowest BCUT2D eigenvalue weighted by Gasteiger charge is -2.15. The first-order valence-corrected chi connectivity index (χ1v) is 12.2. The molecule has 2 aromatic carbocycles. The predicted molar refractivity (Wildman–Crippen MR) is 138 cm³/mol. The summed E-state index contributed by atoms with van der Waals surface area (Å²) < 4.78 is 42.4. The molecular weight excluding hydrogens is 564 g/mol. The summed E-state index contributed by atoms with van der Waals surface area (Å²) in [5, 5.41) is 31.8. The summed E-state index contributed by atoms with van der Waals surface area (Å²) in [4.78, 5) is 17.5. The number of halogens is 5. The largest absolute Gasteiger partial charge is 0.416 e. The summed E-state index contributed by atoms with van der Waals surface area (Å²) in [5.74, 6) is 0.115. The zero-order chi connectivity index (χ0) is 28.3. The second-order valence-electron chi connectivity index (χ2n) is 8.42. The Morgan fingerprint density at radius 3 is 2.38 bits per heavy atom. The van der Waals surface area contributed by atoms with Gasteiger partial charge in [-0.2, -0.15) is 22.8 Å². The van der Waals surface area contributed by atoms with Crippen molar-refractivity contribution in [3.63, 3.8) is 0 Å². The van der Waals surface area contributed by atoms with Gasteiger partial charge in [-0.3, -0.25) is 4.57 Å². The lowest BCUT2D eigenvalue weighted by Crippen LogP contribution is -2.37. The Hall–Kier alpha value is -3.43. The summed E-state index contributed by atoms with van der Waals surface area (Å²) in [6, 6.07) is 12.7. The summed E-state index contributed by atoms with van der Waals surface area (Å²) in [6.07, 6.45) is -8.64. The van der Waals surface area contributed by atoms with Gasteiger partial charge in [0.15, 0.2) is 17.8 Å². The first-order valence-electron chi connectivity index (χ1n) is 11.5. The van der Waals surface area contributed by atoms with Crippen molar-refractivity contribution in [3.05, 3.63) is 74.9 Å². The third-order valence-corrected chi connectivity index (χ3v) is 6.12. The van der Waals surface area contributed by atoms with Crippen molar-refractivity contribution < 1.29 is 23.4 Å². The minimum Gasteiger partial charge on any atom is -0.390 e. The average Bonchev–Trinajstić information content (AvgIpc) is 3.43. The van der Waals surface area contributed by atoms with Crippen LogP contribution in [0.25, 0.3) is 17.1 Å². The zero-order valence-corrected chi connectivity index (χ0v) is 21.6. The molecule has 208 valence electrons. The van der Waals surface area contributed by atoms with Gasteiger partial charge in [-0.05, 0) is 36.4 Å². The number of anilines is 1. The van der Waals surface area contributed by atoms with Crippen LogP contribution in [0.15, 0.2) is 53.3 Å². The number of para-hydroxylation sites is 1. The van der Waals surface area contributed by atoms with E-state index in [1.165, 1.54) is 28.9 Å². The monoisotopic (exact) mass is 586 g/mol. The third-order valence-electron chi connectivity index (χ3n) is 5.55. The molecule has 4 aromatic rings. The Labute approximate surface area is 229 Å². The molecule has 0 radical (unpaired) electrons. The molecule has 0 saturated carbocycles. The summed E-state index contributed by atoms with van der Waals surface area (Å²) in [7, 11) is 0. The molecule has 0 aliphatic rings. The van der Waals surface area contributed by atoms with Crippen LogP contribution in [0.5, 0.6) is 0 Å². The second kappa shape index (κ2) is 11.8. The van der Waals surface area contributed by atoms with E-state index in [2.05, 4.69) is 20.5 Å². The van der Waals surface area contributed by atoms with Gasteiger partial charge < -0.3 is 21.3 Å². The van der Waals surface area contributed by atoms with Crippen LogP contribution in [-0.2, 0) is 13.1 Å². The molecule has 16 heteroatoms. The normalized spacial score (nSPS) is 13.4. The van der Waals surface area contributed by atoms with Crippen LogP contribution in [0.4, 0.5) is 19.1 Å². The van der Waals surface area contributed by atoms with Crippen LogP contribution < -0.4 is 16.7 Å². The third kappa shape index (κ3) is 6.59. The number of alkyl halides is 3. The van der Waals surface area contributed by atoms with Crippen LogP contribution in [0.3, 0.4) is 0 Å². The van der Waals surface area contributed by atoms with E-state index < -0.39 is 30.6 Å². The number of aromatic nitrogens is 6. The first kappa shape index (κ1) is 28.6. The number of rotatable bonds is 10. The van der Waals surface area contributed by atoms with E-state index in [1.54, 1.807) is 24.3 Å². The molecule has 0 bridgehead atoms. The van der Waals surface area contributed by atoms with E-state index >= 15 is 0 Å². The number of hydrogen-bond acceptors (Lipinski definition) is 8. The van der Waals surface area contributed by atoms with E-state index in [0.717, 1.165) is 9.25 Å². The molecule has 2 atom stereocenters. The lowest BCUT2D eigenvalue weighted by molar-refractivity contribution is -0.207. The van der Waals surface area contributed by atoms with E-state index in [0.29, 0.717) is 21.3 Å². The number of nitrogens with one attached hydrogen (secondary N) is 1. The maximum absolute atomic E-state index is 13.2. The van der Waals surface area contributed by atoms with E-state index in [-0.39, 0.29) is 37.2 Å². The summed E-state index contributed by atoms with van der Waals surface area (Å²) in [5.41, 5.74) is 5.29. The van der Waals surface area contributed by atoms with Gasteiger partial charge in [-0.15, -0.1) is 10.2 Å². The maximum atomic E-state index is 13.2. The highest BCUT2D eigenvalue weighted by atomic mass is 35.5. The van der Waals surface area contributed by atoms with Gasteiger partial charge in [-0.25, -0.2) is 9.48 Å². The van der Waals surface area contributed by atoms with E-state index in [1.807, 2.05) is 0 Å². The molecule has 0 amide bonds. The average molecular weight is 587 g/mol. The molecule has 39 heavy (non-hydrogen) atoms. The van der Waals surface area contributed by atoms with Gasteiger partial charge in [0.2, 0.25) is 5.95 Å². The minimum absolute atomic E-state index is 0.00975. The molecule has 2 aromatic heterocycles. The van der Waals surface area contributed by atoms with Crippen LogP contribution >= 0.6 is 23.2 Å². The fourth-order valence-electron chi connectivity index (χ4n) is 3.55. The van der Waals surface area contributed by atoms with Crippen LogP contribution in [0.2, 0.25) is 10.0 Å². The number of nitrogens with zero attached hydrogens (tertiary/aromatic N) is 6. The maximum Gasteiger partial charge on any atom is 0.416 e. The summed E-state index contributed by atoms with van der Waals surface area (Å²) >= 11 is 12.2. The topological polar surface area (TPSA) is 149 Å². The van der Waals surface area contributed by atoms with Gasteiger partial charge in [-0.1, -0.05) is 35.3 Å². The smallest absolute Gasteiger partial charge is 0.390 e. The molecular formula is C23H23Cl2F3N8O3. The second-order valence-corrected chi connectivity index (χ2v) is 9.27. The Balaban J connectivity index is 1.75. The number of nitrogens with two attached hydrogens (primary N) is 1. The zero-order valence-electron chi connectivity index (χ0n) is 20.1. The fourth-order valence-corrected chi connectivity index (χ4v) is 3.89. The van der Waals surface area contributed by atoms with Crippen molar-refractivity contribution in [2.24, 2.45) is 5.73 Å². The SMILES string of the molecule is NCC(O)CNc1nc(Cn2nc(-c3ccc(Cl)cc3)n(C[C@H](O)C(F)(F)F)c2=O)nn1-c1ccccc1Cl. The number of aliphatic hydroxyl groups excluding tert-OH is 2. The molecule has 1 unspecified atom stereocenters. The van der Waals surface area contributed by atoms with Gasteiger partial charge in [0.1, 0.15) is 6.54 Å². The summed E-state index contributed by atoms with van der Waals surface area (Å²) in [6.45, 7) is -1.39. The number of hydrogen-bond donors (Lipinski definition) is 4. The highest BCUT2D eigenvalue weighted by Crippen LogP contribution is 2.25. The van der Waals surface area contributed by atoms with Gasteiger partial charge >= 0.3 is 11.9 Å². The Bertz CT molecular complexity index is 1490. The number of aliphatic hydroxyl groups is 2. The van der Waals surface area contributed by atoms with E-state index in [9.17, 15) is 28.2 Å². The first-order chi connectivity index (χ1) is 18.5. The Kier molecular flexibility index (Phi) is 8.61. The molecule has 5 N–H and O–H groups in total. The van der Waals surface area contributed by atoms with Crippen LogP contribution in [0, 0.1) is 0 Å². The van der Waals surface area contributed by atoms with Gasteiger partial charge in [0, 0.05) is 23.7 Å². The number of benzene rings is 2. The van der Waals surface area contributed by atoms with Crippen molar-refractivity contribution in [3.8, 4) is 17.1 Å². The van der Waals surface area contributed by atoms with Gasteiger partial charge in [0.25, 0.3) is 0 Å². The molecule has 0 aliphatic heterocycles. The predicted octanol–water partition coefficient (Wildman–Crippen LogP) is 2.30.